The second kappa shape index (κ2) is 4.69. The fourth-order valence-corrected chi connectivity index (χ4v) is 2.98. The standard InChI is InChI=1S/C14H15FN2S/c15-11-2-1-3-13-9(6-11)4-5-10(13)7-12-8-16-14(18)17-12/h1,3,6,8,10H,2,4-5,7H2,(H2,16,17,18). The molecule has 2 aliphatic carbocycles. The number of imidazole rings is 1. The van der Waals surface area contributed by atoms with Gasteiger partial charge in [0.15, 0.2) is 4.77 Å². The highest BCUT2D eigenvalue weighted by Gasteiger charge is 2.24. The summed E-state index contributed by atoms with van der Waals surface area (Å²) >= 11 is 5.03. The third kappa shape index (κ3) is 2.25. The number of nitrogens with one attached hydrogen (secondary N) is 2. The number of hydrogen-bond acceptors (Lipinski definition) is 1. The van der Waals surface area contributed by atoms with Crippen LogP contribution >= 0.6 is 12.2 Å². The Morgan fingerprint density at radius 2 is 2.33 bits per heavy atom. The third-order valence-corrected chi connectivity index (χ3v) is 3.85. The first-order chi connectivity index (χ1) is 8.72. The molecule has 1 heterocycles. The molecular formula is C14H15FN2S. The molecule has 94 valence electrons. The number of rotatable bonds is 2. The molecule has 1 unspecified atom stereocenters. The number of H-pyrrole nitrogens is 2. The fourth-order valence-electron chi connectivity index (χ4n) is 2.79. The highest BCUT2D eigenvalue weighted by Crippen LogP contribution is 2.37. The van der Waals surface area contributed by atoms with E-state index in [2.05, 4.69) is 16.0 Å². The van der Waals surface area contributed by atoms with Gasteiger partial charge in [0.2, 0.25) is 0 Å². The highest BCUT2D eigenvalue weighted by molar-refractivity contribution is 7.71. The van der Waals surface area contributed by atoms with Gasteiger partial charge in [0.1, 0.15) is 5.83 Å². The quantitative estimate of drug-likeness (QED) is 0.771. The van der Waals surface area contributed by atoms with Gasteiger partial charge in [0, 0.05) is 18.3 Å². The Kier molecular flexibility index (Phi) is 3.04. The summed E-state index contributed by atoms with van der Waals surface area (Å²) < 4.78 is 14.1. The number of aromatic amines is 2. The summed E-state index contributed by atoms with van der Waals surface area (Å²) in [4.78, 5) is 6.13. The Bertz CT molecular complexity index is 603. The maximum absolute atomic E-state index is 13.4. The van der Waals surface area contributed by atoms with Crippen molar-refractivity contribution in [3.05, 3.63) is 51.9 Å². The molecule has 0 aromatic carbocycles. The Morgan fingerprint density at radius 1 is 1.44 bits per heavy atom. The number of aromatic nitrogens is 2. The number of hydrogen-bond donors (Lipinski definition) is 2. The lowest BCUT2D eigenvalue weighted by molar-refractivity contribution is 0.598. The Hall–Kier alpha value is -1.42. The van der Waals surface area contributed by atoms with Gasteiger partial charge in [-0.25, -0.2) is 4.39 Å². The van der Waals surface area contributed by atoms with Crippen LogP contribution in [0.1, 0.15) is 25.0 Å². The summed E-state index contributed by atoms with van der Waals surface area (Å²) in [6.07, 6.45) is 11.1. The monoisotopic (exact) mass is 262 g/mol. The van der Waals surface area contributed by atoms with Gasteiger partial charge in [-0.1, -0.05) is 12.2 Å². The van der Waals surface area contributed by atoms with Crippen molar-refractivity contribution in [2.45, 2.75) is 25.7 Å². The van der Waals surface area contributed by atoms with E-state index >= 15 is 0 Å². The van der Waals surface area contributed by atoms with Gasteiger partial charge in [0.05, 0.1) is 0 Å². The molecule has 2 N–H and O–H groups in total. The predicted molar refractivity (Wildman–Crippen MR) is 72.4 cm³/mol. The third-order valence-electron chi connectivity index (χ3n) is 3.63. The van der Waals surface area contributed by atoms with E-state index in [9.17, 15) is 4.39 Å². The lowest BCUT2D eigenvalue weighted by Gasteiger charge is -2.10. The minimum absolute atomic E-state index is 0.0297. The lowest BCUT2D eigenvalue weighted by Crippen LogP contribution is -2.03. The molecule has 1 atom stereocenters. The van der Waals surface area contributed by atoms with Crippen LogP contribution in [0, 0.1) is 10.7 Å². The van der Waals surface area contributed by atoms with Crippen LogP contribution in [0.15, 0.2) is 41.4 Å². The average molecular weight is 262 g/mol. The van der Waals surface area contributed by atoms with E-state index in [1.807, 2.05) is 12.3 Å². The molecule has 1 aromatic rings. The highest BCUT2D eigenvalue weighted by atomic mass is 32.1. The molecule has 0 amide bonds. The van der Waals surface area contributed by atoms with Gasteiger partial charge in [-0.15, -0.1) is 0 Å². The van der Waals surface area contributed by atoms with Crippen molar-refractivity contribution >= 4 is 12.2 Å². The van der Waals surface area contributed by atoms with Crippen LogP contribution in [-0.4, -0.2) is 9.97 Å². The van der Waals surface area contributed by atoms with E-state index < -0.39 is 0 Å². The summed E-state index contributed by atoms with van der Waals surface area (Å²) in [5.41, 5.74) is 3.59. The average Bonchev–Trinajstić information content (AvgIpc) is 2.83. The predicted octanol–water partition coefficient (Wildman–Crippen LogP) is 4.13. The SMILES string of the molecule is FC1=CC2=C(C=CC1)C(Cc1c[nH]c(=S)[nH]1)CC2. The van der Waals surface area contributed by atoms with E-state index in [-0.39, 0.29) is 5.83 Å². The molecule has 1 aromatic heterocycles. The lowest BCUT2D eigenvalue weighted by atomic mass is 9.95. The summed E-state index contributed by atoms with van der Waals surface area (Å²) in [6, 6.07) is 0. The molecule has 0 spiro atoms. The summed E-state index contributed by atoms with van der Waals surface area (Å²) in [7, 11) is 0. The van der Waals surface area contributed by atoms with Gasteiger partial charge < -0.3 is 9.97 Å². The Morgan fingerprint density at radius 3 is 3.11 bits per heavy atom. The molecule has 2 aliphatic rings. The van der Waals surface area contributed by atoms with Crippen LogP contribution in [0.4, 0.5) is 4.39 Å². The summed E-state index contributed by atoms with van der Waals surface area (Å²) in [5, 5.41) is 0. The minimum atomic E-state index is -0.0297. The van der Waals surface area contributed by atoms with Crippen molar-refractivity contribution in [1.82, 2.24) is 9.97 Å². The van der Waals surface area contributed by atoms with Crippen LogP contribution in [0.3, 0.4) is 0 Å². The number of halogens is 1. The molecule has 0 fully saturated rings. The van der Waals surface area contributed by atoms with E-state index in [1.165, 1.54) is 11.1 Å². The van der Waals surface area contributed by atoms with Gasteiger partial charge in [-0.2, -0.15) is 0 Å². The van der Waals surface area contributed by atoms with E-state index in [0.717, 1.165) is 25.0 Å². The van der Waals surface area contributed by atoms with E-state index in [4.69, 9.17) is 12.2 Å². The molecular weight excluding hydrogens is 247 g/mol. The molecule has 0 aliphatic heterocycles. The molecule has 4 heteroatoms. The van der Waals surface area contributed by atoms with Gasteiger partial charge in [0.25, 0.3) is 0 Å². The maximum atomic E-state index is 13.4. The zero-order valence-corrected chi connectivity index (χ0v) is 10.8. The van der Waals surface area contributed by atoms with E-state index in [1.54, 1.807) is 6.08 Å². The van der Waals surface area contributed by atoms with Gasteiger partial charge in [-0.05, 0) is 54.6 Å². The van der Waals surface area contributed by atoms with Crippen molar-refractivity contribution in [3.8, 4) is 0 Å². The van der Waals surface area contributed by atoms with Crippen LogP contribution in [0.2, 0.25) is 0 Å². The van der Waals surface area contributed by atoms with Crippen LogP contribution in [0.5, 0.6) is 0 Å². The molecule has 0 bridgehead atoms. The molecule has 0 saturated carbocycles. The maximum Gasteiger partial charge on any atom is 0.174 e. The van der Waals surface area contributed by atoms with Crippen molar-refractivity contribution in [1.29, 1.82) is 0 Å². The fraction of sp³-hybridized carbons (Fsp3) is 0.357. The normalized spacial score (nSPS) is 22.9. The second-order valence-corrected chi connectivity index (χ2v) is 5.29. The van der Waals surface area contributed by atoms with Crippen molar-refractivity contribution < 1.29 is 4.39 Å². The molecule has 2 nitrogen and oxygen atoms in total. The summed E-state index contributed by atoms with van der Waals surface area (Å²) in [6.45, 7) is 0. The molecule has 18 heavy (non-hydrogen) atoms. The van der Waals surface area contributed by atoms with Crippen LogP contribution < -0.4 is 0 Å². The van der Waals surface area contributed by atoms with Crippen molar-refractivity contribution in [2.24, 2.45) is 5.92 Å². The van der Waals surface area contributed by atoms with E-state index in [0.29, 0.717) is 17.1 Å². The zero-order chi connectivity index (χ0) is 12.5. The van der Waals surface area contributed by atoms with Crippen molar-refractivity contribution in [2.75, 3.05) is 0 Å². The second-order valence-electron chi connectivity index (χ2n) is 4.89. The minimum Gasteiger partial charge on any atom is -0.337 e. The molecule has 3 rings (SSSR count). The molecule has 0 radical (unpaired) electrons. The number of allylic oxidation sites excluding steroid dienone is 6. The smallest absolute Gasteiger partial charge is 0.174 e. The largest absolute Gasteiger partial charge is 0.337 e. The van der Waals surface area contributed by atoms with Crippen LogP contribution in [-0.2, 0) is 6.42 Å². The van der Waals surface area contributed by atoms with Crippen LogP contribution in [0.25, 0.3) is 0 Å². The molecule has 0 saturated heterocycles. The first-order valence-electron chi connectivity index (χ1n) is 6.24. The first kappa shape index (κ1) is 11.7. The first-order valence-corrected chi connectivity index (χ1v) is 6.65. The Balaban J connectivity index is 1.85. The van der Waals surface area contributed by atoms with Gasteiger partial charge in [-0.3, -0.25) is 0 Å². The van der Waals surface area contributed by atoms with Crippen molar-refractivity contribution in [3.63, 3.8) is 0 Å². The zero-order valence-electron chi connectivity index (χ0n) is 10.0. The topological polar surface area (TPSA) is 31.6 Å². The van der Waals surface area contributed by atoms with Gasteiger partial charge >= 0.3 is 0 Å². The Labute approximate surface area is 110 Å². The summed E-state index contributed by atoms with van der Waals surface area (Å²) in [5.74, 6) is 0.442.